The van der Waals surface area contributed by atoms with Crippen molar-refractivity contribution in [3.63, 3.8) is 0 Å². The van der Waals surface area contributed by atoms with E-state index >= 15 is 0 Å². The fourth-order valence-electron chi connectivity index (χ4n) is 4.71. The number of ether oxygens (including phenoxy) is 1. The summed E-state index contributed by atoms with van der Waals surface area (Å²) in [6.07, 6.45) is 2.35. The molecule has 32 heavy (non-hydrogen) atoms. The van der Waals surface area contributed by atoms with Gasteiger partial charge in [-0.15, -0.1) is 5.10 Å². The molecule has 0 N–H and O–H groups in total. The quantitative estimate of drug-likeness (QED) is 0.547. The molecule has 2 aliphatic heterocycles. The van der Waals surface area contributed by atoms with Crippen LogP contribution in [-0.4, -0.2) is 68.9 Å². The van der Waals surface area contributed by atoms with Gasteiger partial charge in [-0.05, 0) is 46.5 Å². The first-order chi connectivity index (χ1) is 15.8. The highest BCUT2D eigenvalue weighted by atomic mass is 35.5. The van der Waals surface area contributed by atoms with Gasteiger partial charge in [0.05, 0.1) is 18.7 Å². The molecule has 2 fully saturated rings. The highest BCUT2D eigenvalue weighted by Gasteiger charge is 2.31. The third-order valence-corrected chi connectivity index (χ3v) is 6.66. The van der Waals surface area contributed by atoms with Crippen LogP contribution < -0.4 is 0 Å². The highest BCUT2D eigenvalue weighted by Crippen LogP contribution is 2.30. The summed E-state index contributed by atoms with van der Waals surface area (Å²) >= 11 is 6.19. The molecule has 2 aromatic carbocycles. The van der Waals surface area contributed by atoms with Gasteiger partial charge in [0.15, 0.2) is 5.82 Å². The number of tetrazole rings is 1. The molecule has 0 radical (unpaired) electrons. The lowest BCUT2D eigenvalue weighted by molar-refractivity contribution is 0.0842. The third kappa shape index (κ3) is 5.02. The predicted molar refractivity (Wildman–Crippen MR) is 123 cm³/mol. The van der Waals surface area contributed by atoms with Crippen LogP contribution in [-0.2, 0) is 17.8 Å². The van der Waals surface area contributed by atoms with Crippen LogP contribution in [0.4, 0.5) is 0 Å². The number of nitrogens with zero attached hydrogens (tertiary/aromatic N) is 6. The standard InChI is InChI=1S/C24H29ClN6O/c25-21-10-8-20(9-11-21)23(24-26-27-28-31(24)18-22-7-4-16-32-22)30-14-12-29(13-15-30)17-19-5-2-1-3-6-19/h1-3,5-6,8-11,22-23H,4,7,12-18H2/t22-,23-/m0/s1. The maximum absolute atomic E-state index is 6.19. The zero-order chi connectivity index (χ0) is 21.8. The van der Waals surface area contributed by atoms with Gasteiger partial charge in [0.2, 0.25) is 0 Å². The van der Waals surface area contributed by atoms with Crippen molar-refractivity contribution in [3.8, 4) is 0 Å². The number of aromatic nitrogens is 4. The molecule has 2 aliphatic rings. The Morgan fingerprint density at radius 3 is 2.50 bits per heavy atom. The van der Waals surface area contributed by atoms with Gasteiger partial charge < -0.3 is 4.74 Å². The molecule has 0 bridgehead atoms. The first-order valence-corrected chi connectivity index (χ1v) is 11.8. The van der Waals surface area contributed by atoms with E-state index < -0.39 is 0 Å². The molecular weight excluding hydrogens is 424 g/mol. The normalized spacial score (nSPS) is 21.1. The van der Waals surface area contributed by atoms with Gasteiger partial charge in [-0.1, -0.05) is 54.1 Å². The summed E-state index contributed by atoms with van der Waals surface area (Å²) in [7, 11) is 0. The monoisotopic (exact) mass is 452 g/mol. The van der Waals surface area contributed by atoms with Crippen molar-refractivity contribution >= 4 is 11.6 Å². The van der Waals surface area contributed by atoms with Gasteiger partial charge in [0, 0.05) is 44.4 Å². The number of halogens is 1. The lowest BCUT2D eigenvalue weighted by atomic mass is 10.0. The number of piperazine rings is 1. The van der Waals surface area contributed by atoms with Crippen LogP contribution in [0, 0.1) is 0 Å². The summed E-state index contributed by atoms with van der Waals surface area (Å²) in [6, 6.07) is 18.7. The Bertz CT molecular complexity index is 981. The molecular formula is C24H29ClN6O. The first kappa shape index (κ1) is 21.5. The van der Waals surface area contributed by atoms with Gasteiger partial charge in [-0.2, -0.15) is 0 Å². The Kier molecular flexibility index (Phi) is 6.78. The van der Waals surface area contributed by atoms with Gasteiger partial charge >= 0.3 is 0 Å². The van der Waals surface area contributed by atoms with E-state index in [2.05, 4.69) is 67.8 Å². The van der Waals surface area contributed by atoms with Crippen molar-refractivity contribution in [1.82, 2.24) is 30.0 Å². The number of hydrogen-bond donors (Lipinski definition) is 0. The predicted octanol–water partition coefficient (Wildman–Crippen LogP) is 3.41. The number of rotatable bonds is 7. The maximum atomic E-state index is 6.19. The third-order valence-electron chi connectivity index (χ3n) is 6.41. The van der Waals surface area contributed by atoms with Crippen LogP contribution in [0.15, 0.2) is 54.6 Å². The van der Waals surface area contributed by atoms with E-state index in [4.69, 9.17) is 16.3 Å². The molecule has 7 nitrogen and oxygen atoms in total. The topological polar surface area (TPSA) is 59.3 Å². The molecule has 8 heteroatoms. The van der Waals surface area contributed by atoms with Crippen LogP contribution >= 0.6 is 11.6 Å². The van der Waals surface area contributed by atoms with Gasteiger partial charge in [0.1, 0.15) is 0 Å². The largest absolute Gasteiger partial charge is 0.376 e. The van der Waals surface area contributed by atoms with Crippen molar-refractivity contribution in [3.05, 3.63) is 76.6 Å². The Morgan fingerprint density at radius 2 is 1.78 bits per heavy atom. The van der Waals surface area contributed by atoms with Crippen molar-refractivity contribution in [2.24, 2.45) is 0 Å². The summed E-state index contributed by atoms with van der Waals surface area (Å²) in [5.74, 6) is 0.874. The van der Waals surface area contributed by atoms with E-state index in [9.17, 15) is 0 Å². The van der Waals surface area contributed by atoms with Crippen LogP contribution in [0.2, 0.25) is 5.02 Å². The molecule has 2 atom stereocenters. The second-order valence-corrected chi connectivity index (χ2v) is 9.04. The fraction of sp³-hybridized carbons (Fsp3) is 0.458. The van der Waals surface area contributed by atoms with E-state index in [-0.39, 0.29) is 12.1 Å². The first-order valence-electron chi connectivity index (χ1n) is 11.4. The van der Waals surface area contributed by atoms with Crippen molar-refractivity contribution in [1.29, 1.82) is 0 Å². The van der Waals surface area contributed by atoms with Crippen LogP contribution in [0.5, 0.6) is 0 Å². The van der Waals surface area contributed by atoms with E-state index in [0.29, 0.717) is 6.54 Å². The molecule has 0 spiro atoms. The lowest BCUT2D eigenvalue weighted by Gasteiger charge is -2.39. The van der Waals surface area contributed by atoms with Crippen molar-refractivity contribution in [2.45, 2.75) is 38.1 Å². The molecule has 5 rings (SSSR count). The average molecular weight is 453 g/mol. The Morgan fingerprint density at radius 1 is 1.00 bits per heavy atom. The summed E-state index contributed by atoms with van der Waals surface area (Å²) in [6.45, 7) is 6.42. The molecule has 3 aromatic rings. The van der Waals surface area contributed by atoms with Gasteiger partial charge in [0.25, 0.3) is 0 Å². The summed E-state index contributed by atoms with van der Waals surface area (Å²) in [5.41, 5.74) is 2.52. The Hall–Kier alpha value is -2.32. The van der Waals surface area contributed by atoms with E-state index in [1.807, 2.05) is 16.8 Å². The van der Waals surface area contributed by atoms with Crippen molar-refractivity contribution < 1.29 is 4.74 Å². The minimum Gasteiger partial charge on any atom is -0.376 e. The summed E-state index contributed by atoms with van der Waals surface area (Å²) in [5, 5.41) is 13.6. The van der Waals surface area contributed by atoms with Crippen molar-refractivity contribution in [2.75, 3.05) is 32.8 Å². The smallest absolute Gasteiger partial charge is 0.173 e. The van der Waals surface area contributed by atoms with E-state index in [0.717, 1.165) is 68.6 Å². The van der Waals surface area contributed by atoms with Crippen LogP contribution in [0.3, 0.4) is 0 Å². The minimum atomic E-state index is -0.0115. The van der Waals surface area contributed by atoms with Crippen LogP contribution in [0.1, 0.15) is 35.8 Å². The fourth-order valence-corrected chi connectivity index (χ4v) is 4.83. The molecule has 1 aromatic heterocycles. The van der Waals surface area contributed by atoms with Gasteiger partial charge in [-0.3, -0.25) is 9.80 Å². The SMILES string of the molecule is Clc1ccc([C@@H](c2nnnn2C[C@@H]2CCCO2)N2CCN(Cc3ccccc3)CC2)cc1. The summed E-state index contributed by atoms with van der Waals surface area (Å²) in [4.78, 5) is 5.00. The minimum absolute atomic E-state index is 0.0115. The average Bonchev–Trinajstić information content (AvgIpc) is 3.50. The Balaban J connectivity index is 1.35. The molecule has 2 saturated heterocycles. The zero-order valence-corrected chi connectivity index (χ0v) is 18.9. The molecule has 168 valence electrons. The molecule has 0 saturated carbocycles. The second-order valence-electron chi connectivity index (χ2n) is 8.61. The molecule has 3 heterocycles. The van der Waals surface area contributed by atoms with Gasteiger partial charge in [-0.25, -0.2) is 4.68 Å². The summed E-state index contributed by atoms with van der Waals surface area (Å²) < 4.78 is 7.78. The van der Waals surface area contributed by atoms with Crippen LogP contribution in [0.25, 0.3) is 0 Å². The maximum Gasteiger partial charge on any atom is 0.173 e. The molecule has 0 aliphatic carbocycles. The number of benzene rings is 2. The second kappa shape index (κ2) is 10.1. The Labute approximate surface area is 193 Å². The zero-order valence-electron chi connectivity index (χ0n) is 18.2. The van der Waals surface area contributed by atoms with E-state index in [1.54, 1.807) is 0 Å². The molecule has 0 unspecified atom stereocenters. The lowest BCUT2D eigenvalue weighted by Crippen LogP contribution is -2.48. The molecule has 0 amide bonds. The van der Waals surface area contributed by atoms with E-state index in [1.165, 1.54) is 5.56 Å². The number of hydrogen-bond acceptors (Lipinski definition) is 6. The highest BCUT2D eigenvalue weighted by molar-refractivity contribution is 6.30.